The molecule has 0 fully saturated rings. The van der Waals surface area contributed by atoms with Gasteiger partial charge in [-0.3, -0.25) is 4.99 Å². The molecule has 160 valence electrons. The van der Waals surface area contributed by atoms with Crippen LogP contribution >= 0.6 is 24.0 Å². The van der Waals surface area contributed by atoms with Crippen LogP contribution in [0.15, 0.2) is 53.5 Å². The predicted molar refractivity (Wildman–Crippen MR) is 124 cm³/mol. The summed E-state index contributed by atoms with van der Waals surface area (Å²) in [6.07, 6.45) is -0.327. The van der Waals surface area contributed by atoms with Crippen molar-refractivity contribution in [2.24, 2.45) is 4.99 Å². The van der Waals surface area contributed by atoms with Gasteiger partial charge in [-0.1, -0.05) is 24.3 Å². The maximum atomic E-state index is 13.1. The Balaban J connectivity index is 0.00000420. The molecule has 0 heterocycles. The largest absolute Gasteiger partial charge is 0.493 e. The average molecular weight is 517 g/mol. The number of nitrogens with zero attached hydrogens (tertiary/aromatic N) is 1. The molecular weight excluding hydrogens is 488 g/mol. The molecule has 0 bridgehead atoms. The van der Waals surface area contributed by atoms with Crippen LogP contribution in [-0.4, -0.2) is 46.4 Å². The highest BCUT2D eigenvalue weighted by molar-refractivity contribution is 14.0. The highest BCUT2D eigenvalue weighted by atomic mass is 127. The first-order valence-corrected chi connectivity index (χ1v) is 9.09. The fraction of sp³-hybridized carbons (Fsp3) is 0.381. The Labute approximate surface area is 188 Å². The minimum Gasteiger partial charge on any atom is -0.493 e. The van der Waals surface area contributed by atoms with Gasteiger partial charge in [-0.15, -0.1) is 24.0 Å². The third-order valence-electron chi connectivity index (χ3n) is 4.16. The lowest BCUT2D eigenvalue weighted by atomic mass is 10.1. The van der Waals surface area contributed by atoms with E-state index < -0.39 is 0 Å². The van der Waals surface area contributed by atoms with Crippen molar-refractivity contribution in [3.05, 3.63) is 59.9 Å². The van der Waals surface area contributed by atoms with Crippen LogP contribution in [0.5, 0.6) is 11.5 Å². The zero-order valence-corrected chi connectivity index (χ0v) is 19.5. The lowest BCUT2D eigenvalue weighted by Gasteiger charge is -2.21. The normalized spacial score (nSPS) is 13.1. The van der Waals surface area contributed by atoms with Crippen LogP contribution in [0.2, 0.25) is 0 Å². The number of ether oxygens (including phenoxy) is 3. The minimum absolute atomic E-state index is 0. The van der Waals surface area contributed by atoms with Crippen molar-refractivity contribution in [1.29, 1.82) is 0 Å². The van der Waals surface area contributed by atoms with Crippen molar-refractivity contribution in [1.82, 2.24) is 10.6 Å². The number of hydrogen-bond donors (Lipinski definition) is 2. The first-order chi connectivity index (χ1) is 13.6. The molecule has 0 saturated heterocycles. The Bertz CT molecular complexity index is 759. The van der Waals surface area contributed by atoms with Gasteiger partial charge < -0.3 is 24.8 Å². The molecule has 29 heavy (non-hydrogen) atoms. The van der Waals surface area contributed by atoms with E-state index in [-0.39, 0.29) is 42.0 Å². The minimum atomic E-state index is -0.270. The smallest absolute Gasteiger partial charge is 0.191 e. The van der Waals surface area contributed by atoms with Crippen molar-refractivity contribution < 1.29 is 18.6 Å². The number of rotatable bonds is 9. The van der Waals surface area contributed by atoms with Gasteiger partial charge in [0.15, 0.2) is 17.5 Å². The standard InChI is InChI=1S/C21H28FN3O3.HI/c1-15(28-19-8-6-5-7-18(19)26-3)13-24-21(23-2)25-14-20(27-4)16-9-11-17(22)12-10-16;/h5-12,15,20H,13-14H2,1-4H3,(H2,23,24,25);1H. The molecule has 0 aliphatic rings. The molecular formula is C21H29FIN3O3. The Kier molecular flexibility index (Phi) is 11.4. The monoisotopic (exact) mass is 517 g/mol. The second-order valence-electron chi connectivity index (χ2n) is 6.19. The fourth-order valence-corrected chi connectivity index (χ4v) is 2.64. The van der Waals surface area contributed by atoms with E-state index in [2.05, 4.69) is 15.6 Å². The topological polar surface area (TPSA) is 64.1 Å². The summed E-state index contributed by atoms with van der Waals surface area (Å²) in [5, 5.41) is 6.44. The molecule has 0 aliphatic carbocycles. The van der Waals surface area contributed by atoms with Crippen molar-refractivity contribution >= 4 is 29.9 Å². The van der Waals surface area contributed by atoms with Gasteiger partial charge in [0.2, 0.25) is 0 Å². The Morgan fingerprint density at radius 2 is 1.62 bits per heavy atom. The van der Waals surface area contributed by atoms with E-state index in [1.54, 1.807) is 33.4 Å². The van der Waals surface area contributed by atoms with E-state index in [1.165, 1.54) is 12.1 Å². The fourth-order valence-electron chi connectivity index (χ4n) is 2.64. The van der Waals surface area contributed by atoms with Gasteiger partial charge in [0.25, 0.3) is 0 Å². The number of aliphatic imine (C=N–C) groups is 1. The Morgan fingerprint density at radius 3 is 2.21 bits per heavy atom. The van der Waals surface area contributed by atoms with E-state index in [0.29, 0.717) is 30.5 Å². The summed E-state index contributed by atoms with van der Waals surface area (Å²) in [5.41, 5.74) is 0.889. The highest BCUT2D eigenvalue weighted by Gasteiger charge is 2.13. The molecule has 0 aliphatic heterocycles. The SMILES string of the molecule is CN=C(NCC(C)Oc1ccccc1OC)NCC(OC)c1ccc(F)cc1.I. The number of halogens is 2. The number of para-hydroxylation sites is 2. The van der Waals surface area contributed by atoms with Crippen LogP contribution in [0.3, 0.4) is 0 Å². The number of methoxy groups -OCH3 is 2. The summed E-state index contributed by atoms with van der Waals surface area (Å²) >= 11 is 0. The van der Waals surface area contributed by atoms with Crippen molar-refractivity contribution in [2.45, 2.75) is 19.1 Å². The predicted octanol–water partition coefficient (Wildman–Crippen LogP) is 3.77. The van der Waals surface area contributed by atoms with Crippen LogP contribution in [-0.2, 0) is 4.74 Å². The van der Waals surface area contributed by atoms with Gasteiger partial charge >= 0.3 is 0 Å². The van der Waals surface area contributed by atoms with Gasteiger partial charge in [0.05, 0.1) is 19.8 Å². The lowest BCUT2D eigenvalue weighted by Crippen LogP contribution is -2.43. The third kappa shape index (κ3) is 8.06. The summed E-state index contributed by atoms with van der Waals surface area (Å²) < 4.78 is 29.8. The Hall–Kier alpha value is -2.07. The second kappa shape index (κ2) is 13.2. The number of hydrogen-bond acceptors (Lipinski definition) is 4. The summed E-state index contributed by atoms with van der Waals surface area (Å²) in [4.78, 5) is 4.21. The molecule has 0 aromatic heterocycles. The van der Waals surface area contributed by atoms with Crippen LogP contribution < -0.4 is 20.1 Å². The number of benzene rings is 2. The van der Waals surface area contributed by atoms with Crippen molar-refractivity contribution in [2.75, 3.05) is 34.4 Å². The molecule has 2 aromatic carbocycles. The van der Waals surface area contributed by atoms with Gasteiger partial charge in [-0.2, -0.15) is 0 Å². The molecule has 2 atom stereocenters. The zero-order valence-electron chi connectivity index (χ0n) is 17.1. The summed E-state index contributed by atoms with van der Waals surface area (Å²) in [6.45, 7) is 3.00. The molecule has 6 nitrogen and oxygen atoms in total. The Morgan fingerprint density at radius 1 is 1.00 bits per heavy atom. The van der Waals surface area contributed by atoms with Crippen molar-refractivity contribution in [3.8, 4) is 11.5 Å². The van der Waals surface area contributed by atoms with Crippen LogP contribution in [0, 0.1) is 5.82 Å². The summed E-state index contributed by atoms with van der Waals surface area (Å²) in [7, 11) is 4.93. The summed E-state index contributed by atoms with van der Waals surface area (Å²) in [5.74, 6) is 1.74. The molecule has 2 rings (SSSR count). The summed E-state index contributed by atoms with van der Waals surface area (Å²) in [6, 6.07) is 13.8. The molecule has 0 saturated carbocycles. The van der Waals surface area contributed by atoms with E-state index in [9.17, 15) is 4.39 Å². The highest BCUT2D eigenvalue weighted by Crippen LogP contribution is 2.26. The van der Waals surface area contributed by atoms with Gasteiger partial charge in [-0.25, -0.2) is 4.39 Å². The molecule has 2 N–H and O–H groups in total. The number of guanidine groups is 1. The molecule has 2 aromatic rings. The number of nitrogens with one attached hydrogen (secondary N) is 2. The molecule has 2 unspecified atom stereocenters. The van der Waals surface area contributed by atoms with Gasteiger partial charge in [0, 0.05) is 20.7 Å². The second-order valence-corrected chi connectivity index (χ2v) is 6.19. The molecule has 0 radical (unpaired) electrons. The van der Waals surface area contributed by atoms with Crippen LogP contribution in [0.4, 0.5) is 4.39 Å². The van der Waals surface area contributed by atoms with E-state index in [4.69, 9.17) is 14.2 Å². The first kappa shape index (κ1) is 25.0. The maximum Gasteiger partial charge on any atom is 0.191 e. The maximum absolute atomic E-state index is 13.1. The first-order valence-electron chi connectivity index (χ1n) is 9.09. The molecule has 8 heteroatoms. The molecule has 0 amide bonds. The van der Waals surface area contributed by atoms with E-state index >= 15 is 0 Å². The van der Waals surface area contributed by atoms with E-state index in [0.717, 1.165) is 5.56 Å². The zero-order chi connectivity index (χ0) is 20.4. The quantitative estimate of drug-likeness (QED) is 0.301. The molecule has 0 spiro atoms. The van der Waals surface area contributed by atoms with Crippen LogP contribution in [0.25, 0.3) is 0 Å². The average Bonchev–Trinajstić information content (AvgIpc) is 2.72. The lowest BCUT2D eigenvalue weighted by molar-refractivity contribution is 0.106. The van der Waals surface area contributed by atoms with Gasteiger partial charge in [0.1, 0.15) is 11.9 Å². The van der Waals surface area contributed by atoms with Crippen LogP contribution in [0.1, 0.15) is 18.6 Å². The van der Waals surface area contributed by atoms with Gasteiger partial charge in [-0.05, 0) is 36.8 Å². The van der Waals surface area contributed by atoms with E-state index in [1.807, 2.05) is 31.2 Å². The third-order valence-corrected chi connectivity index (χ3v) is 4.16. The van der Waals surface area contributed by atoms with Crippen molar-refractivity contribution in [3.63, 3.8) is 0 Å².